The number of hydrogen-bond donors (Lipinski definition) is 0. The summed E-state index contributed by atoms with van der Waals surface area (Å²) in [4.78, 5) is 27.5. The molecular weight excluding hydrogens is 330 g/mol. The van der Waals surface area contributed by atoms with Crippen molar-refractivity contribution in [3.63, 3.8) is 0 Å². The normalized spacial score (nSPS) is 29.3. The molecule has 3 heterocycles. The fraction of sp³-hybridized carbons (Fsp3) is 0.619. The van der Waals surface area contributed by atoms with Gasteiger partial charge in [-0.1, -0.05) is 25.0 Å². The van der Waals surface area contributed by atoms with Crippen LogP contribution in [0.15, 0.2) is 24.3 Å². The zero-order valence-electron chi connectivity index (χ0n) is 15.4. The monoisotopic (exact) mass is 357 g/mol. The molecule has 4 fully saturated rings. The second-order valence-corrected chi connectivity index (χ2v) is 7.94. The lowest BCUT2D eigenvalue weighted by molar-refractivity contribution is -0.177. The molecule has 140 valence electrons. The van der Waals surface area contributed by atoms with Crippen LogP contribution in [0.25, 0.3) is 0 Å². The molecule has 2 bridgehead atoms. The number of fused-ring (bicyclic) bond motifs is 3. The third-order valence-corrected chi connectivity index (χ3v) is 6.52. The van der Waals surface area contributed by atoms with E-state index in [9.17, 15) is 9.59 Å². The number of rotatable bonds is 4. The van der Waals surface area contributed by atoms with Gasteiger partial charge in [-0.15, -0.1) is 0 Å². The zero-order valence-corrected chi connectivity index (χ0v) is 15.4. The standard InChI is InChI=1S/C21H27NO4/c1-25-19(23)16-5-4-6-17(14-16)21(9-2-3-10-21)20(24)26-18-13-15-7-11-22(18)12-8-15/h4-6,14-15,18H,2-3,7-13H2,1H3. The summed E-state index contributed by atoms with van der Waals surface area (Å²) < 4.78 is 10.9. The summed E-state index contributed by atoms with van der Waals surface area (Å²) in [5.41, 5.74) is 0.755. The van der Waals surface area contributed by atoms with Crippen molar-refractivity contribution in [1.29, 1.82) is 0 Å². The largest absolute Gasteiger partial charge is 0.465 e. The first-order valence-electron chi connectivity index (χ1n) is 9.76. The Morgan fingerprint density at radius 1 is 1.15 bits per heavy atom. The average molecular weight is 357 g/mol. The molecule has 0 spiro atoms. The summed E-state index contributed by atoms with van der Waals surface area (Å²) in [6.07, 6.45) is 6.92. The molecule has 0 N–H and O–H groups in total. The minimum Gasteiger partial charge on any atom is -0.465 e. The number of methoxy groups -OCH3 is 1. The molecule has 3 saturated heterocycles. The zero-order chi connectivity index (χ0) is 18.1. The molecule has 1 aromatic rings. The second kappa shape index (κ2) is 7.03. The van der Waals surface area contributed by atoms with E-state index in [1.165, 1.54) is 20.0 Å². The highest BCUT2D eigenvalue weighted by Crippen LogP contribution is 2.43. The lowest BCUT2D eigenvalue weighted by atomic mass is 9.78. The number of carbonyl (C=O) groups excluding carboxylic acids is 2. The van der Waals surface area contributed by atoms with Crippen molar-refractivity contribution in [1.82, 2.24) is 4.90 Å². The molecule has 1 atom stereocenters. The van der Waals surface area contributed by atoms with Crippen molar-refractivity contribution in [2.24, 2.45) is 5.92 Å². The van der Waals surface area contributed by atoms with E-state index >= 15 is 0 Å². The van der Waals surface area contributed by atoms with Crippen LogP contribution in [-0.4, -0.2) is 43.3 Å². The fourth-order valence-corrected chi connectivity index (χ4v) is 4.92. The Balaban J connectivity index is 1.58. The number of carbonyl (C=O) groups is 2. The predicted octanol–water partition coefficient (Wildman–Crippen LogP) is 3.27. The summed E-state index contributed by atoms with van der Waals surface area (Å²) in [5, 5.41) is 0. The molecule has 1 aromatic carbocycles. The van der Waals surface area contributed by atoms with Gasteiger partial charge in [-0.2, -0.15) is 0 Å². The van der Waals surface area contributed by atoms with Crippen LogP contribution in [0.5, 0.6) is 0 Å². The van der Waals surface area contributed by atoms with E-state index in [4.69, 9.17) is 9.47 Å². The Labute approximate surface area is 154 Å². The van der Waals surface area contributed by atoms with Crippen LogP contribution in [0, 0.1) is 5.92 Å². The third kappa shape index (κ3) is 3.02. The molecule has 1 aliphatic carbocycles. The van der Waals surface area contributed by atoms with Gasteiger partial charge < -0.3 is 9.47 Å². The van der Waals surface area contributed by atoms with Gasteiger partial charge >= 0.3 is 11.9 Å². The van der Waals surface area contributed by atoms with Gasteiger partial charge in [-0.3, -0.25) is 9.69 Å². The van der Waals surface area contributed by atoms with Crippen LogP contribution >= 0.6 is 0 Å². The van der Waals surface area contributed by atoms with E-state index in [0.717, 1.165) is 50.8 Å². The Morgan fingerprint density at radius 3 is 2.50 bits per heavy atom. The smallest absolute Gasteiger partial charge is 0.337 e. The van der Waals surface area contributed by atoms with Gasteiger partial charge in [0.05, 0.1) is 18.1 Å². The van der Waals surface area contributed by atoms with Crippen LogP contribution in [0.2, 0.25) is 0 Å². The minimum absolute atomic E-state index is 0.0729. The summed E-state index contributed by atoms with van der Waals surface area (Å²) in [7, 11) is 1.38. The van der Waals surface area contributed by atoms with Gasteiger partial charge in [-0.25, -0.2) is 4.79 Å². The average Bonchev–Trinajstić information content (AvgIpc) is 3.20. The maximum Gasteiger partial charge on any atom is 0.337 e. The Hall–Kier alpha value is -1.88. The molecule has 26 heavy (non-hydrogen) atoms. The first-order valence-corrected chi connectivity index (χ1v) is 9.76. The van der Waals surface area contributed by atoms with Crippen LogP contribution in [0.1, 0.15) is 60.9 Å². The second-order valence-electron chi connectivity index (χ2n) is 7.94. The van der Waals surface area contributed by atoms with E-state index < -0.39 is 5.41 Å². The lowest BCUT2D eigenvalue weighted by Crippen LogP contribution is -2.52. The highest BCUT2D eigenvalue weighted by atomic mass is 16.6. The topological polar surface area (TPSA) is 55.8 Å². The molecule has 1 unspecified atom stereocenters. The Bertz CT molecular complexity index is 687. The SMILES string of the molecule is COC(=O)c1cccc(C2(C(=O)OC3CC4CCN3CC4)CCCC2)c1. The molecule has 5 rings (SSSR count). The van der Waals surface area contributed by atoms with Crippen molar-refractivity contribution in [2.75, 3.05) is 20.2 Å². The quantitative estimate of drug-likeness (QED) is 0.774. The molecule has 0 radical (unpaired) electrons. The molecule has 4 aliphatic rings. The van der Waals surface area contributed by atoms with Crippen molar-refractivity contribution in [2.45, 2.75) is 56.6 Å². The van der Waals surface area contributed by atoms with E-state index in [2.05, 4.69) is 4.90 Å². The Kier molecular flexibility index (Phi) is 4.74. The summed E-state index contributed by atoms with van der Waals surface area (Å²) in [6, 6.07) is 7.33. The Morgan fingerprint density at radius 2 is 1.88 bits per heavy atom. The minimum atomic E-state index is -0.623. The number of ether oxygens (including phenoxy) is 2. The molecule has 0 aromatic heterocycles. The van der Waals surface area contributed by atoms with Gasteiger partial charge in [0.15, 0.2) is 6.23 Å². The van der Waals surface area contributed by atoms with Crippen molar-refractivity contribution in [3.8, 4) is 0 Å². The predicted molar refractivity (Wildman–Crippen MR) is 96.7 cm³/mol. The van der Waals surface area contributed by atoms with E-state index in [0.29, 0.717) is 11.5 Å². The van der Waals surface area contributed by atoms with E-state index in [1.54, 1.807) is 6.07 Å². The number of esters is 2. The third-order valence-electron chi connectivity index (χ3n) is 6.52. The maximum atomic E-state index is 13.3. The first kappa shape index (κ1) is 17.5. The van der Waals surface area contributed by atoms with Crippen LogP contribution in [0.4, 0.5) is 0 Å². The highest BCUT2D eigenvalue weighted by molar-refractivity contribution is 5.91. The van der Waals surface area contributed by atoms with Crippen LogP contribution in [-0.2, 0) is 19.7 Å². The number of hydrogen-bond acceptors (Lipinski definition) is 5. The summed E-state index contributed by atoms with van der Waals surface area (Å²) in [6.45, 7) is 2.07. The lowest BCUT2D eigenvalue weighted by Gasteiger charge is -2.45. The first-order chi connectivity index (χ1) is 12.6. The van der Waals surface area contributed by atoms with E-state index in [1.807, 2.05) is 18.2 Å². The summed E-state index contributed by atoms with van der Waals surface area (Å²) in [5.74, 6) is 0.207. The van der Waals surface area contributed by atoms with Gasteiger partial charge in [0.2, 0.25) is 0 Å². The number of nitrogens with zero attached hydrogens (tertiary/aromatic N) is 1. The molecule has 5 heteroatoms. The van der Waals surface area contributed by atoms with Crippen molar-refractivity contribution < 1.29 is 19.1 Å². The maximum absolute atomic E-state index is 13.3. The van der Waals surface area contributed by atoms with E-state index in [-0.39, 0.29) is 18.2 Å². The molecule has 5 nitrogen and oxygen atoms in total. The van der Waals surface area contributed by atoms with Gasteiger partial charge in [-0.05, 0) is 49.3 Å². The number of piperidine rings is 3. The molecule has 0 amide bonds. The van der Waals surface area contributed by atoms with Crippen molar-refractivity contribution >= 4 is 11.9 Å². The molecule has 3 aliphatic heterocycles. The number of benzene rings is 1. The van der Waals surface area contributed by atoms with Gasteiger partial charge in [0.25, 0.3) is 0 Å². The molecule has 1 saturated carbocycles. The fourth-order valence-electron chi connectivity index (χ4n) is 4.92. The summed E-state index contributed by atoms with van der Waals surface area (Å²) >= 11 is 0. The van der Waals surface area contributed by atoms with Crippen molar-refractivity contribution in [3.05, 3.63) is 35.4 Å². The van der Waals surface area contributed by atoms with Gasteiger partial charge in [0, 0.05) is 19.5 Å². The molecular formula is C21H27NO4. The van der Waals surface area contributed by atoms with Gasteiger partial charge in [0.1, 0.15) is 0 Å². The highest BCUT2D eigenvalue weighted by Gasteiger charge is 2.47. The van der Waals surface area contributed by atoms with Crippen LogP contribution < -0.4 is 0 Å². The van der Waals surface area contributed by atoms with Crippen LogP contribution in [0.3, 0.4) is 0 Å².